The Balaban J connectivity index is 1.77. The molecule has 1 aromatic carbocycles. The van der Waals surface area contributed by atoms with Crippen LogP contribution < -0.4 is 20.5 Å². The molecule has 0 saturated heterocycles. The Bertz CT molecular complexity index is 1140. The molecule has 3 heterocycles. The third kappa shape index (κ3) is 3.05. The first-order valence-electron chi connectivity index (χ1n) is 8.52. The fraction of sp³-hybridized carbons (Fsp3) is 0.100. The first kappa shape index (κ1) is 17.9. The number of para-hydroxylation sites is 1. The zero-order valence-electron chi connectivity index (χ0n) is 15.3. The molecule has 4 rings (SSSR count). The topological polar surface area (TPSA) is 87.2 Å². The van der Waals surface area contributed by atoms with Crippen molar-refractivity contribution >= 4 is 34.1 Å². The molecule has 4 aromatic rings. The molecule has 3 aromatic heterocycles. The molecule has 0 bridgehead atoms. The number of rotatable bonds is 5. The van der Waals surface area contributed by atoms with E-state index in [9.17, 15) is 0 Å². The minimum Gasteiger partial charge on any atom is -0.494 e. The van der Waals surface area contributed by atoms with Gasteiger partial charge in [-0.3, -0.25) is 4.57 Å². The number of pyridine rings is 2. The molecule has 142 valence electrons. The summed E-state index contributed by atoms with van der Waals surface area (Å²) in [6, 6.07) is 11.8. The highest BCUT2D eigenvalue weighted by atomic mass is 35.5. The number of nitrogens with one attached hydrogen (secondary N) is 1. The SMILES string of the molecule is CNc1c(N)ncc(Oc2cnc3c(c2)c(OC)cn3-c2ccccc2)c1Cl. The lowest BCUT2D eigenvalue weighted by Crippen LogP contribution is -2.00. The maximum Gasteiger partial charge on any atom is 0.166 e. The Morgan fingerprint density at radius 2 is 1.89 bits per heavy atom. The van der Waals surface area contributed by atoms with Gasteiger partial charge >= 0.3 is 0 Å². The number of benzene rings is 1. The summed E-state index contributed by atoms with van der Waals surface area (Å²) in [5.74, 6) is 1.87. The van der Waals surface area contributed by atoms with Crippen LogP contribution in [0, 0.1) is 0 Å². The minimum atomic E-state index is 0.301. The van der Waals surface area contributed by atoms with Gasteiger partial charge in [0.05, 0.1) is 36.8 Å². The fourth-order valence-corrected chi connectivity index (χ4v) is 3.26. The molecule has 0 fully saturated rings. The van der Waals surface area contributed by atoms with E-state index in [1.165, 1.54) is 6.20 Å². The minimum absolute atomic E-state index is 0.301. The standard InChI is InChI=1S/C20H18ClN5O2/c1-23-18-17(21)15(10-24-19(18)22)28-13-8-14-16(27-2)11-26(20(14)25-9-13)12-6-4-3-5-7-12/h3-11,23H,1-2H3,(H2,22,24). The predicted molar refractivity (Wildman–Crippen MR) is 111 cm³/mol. The van der Waals surface area contributed by atoms with Crippen LogP contribution in [0.2, 0.25) is 5.02 Å². The van der Waals surface area contributed by atoms with Gasteiger partial charge in [0.25, 0.3) is 0 Å². The number of nitrogens with zero attached hydrogens (tertiary/aromatic N) is 3. The van der Waals surface area contributed by atoms with Gasteiger partial charge in [0.2, 0.25) is 0 Å². The van der Waals surface area contributed by atoms with Crippen LogP contribution in [0.15, 0.2) is 55.0 Å². The molecule has 28 heavy (non-hydrogen) atoms. The Labute approximate surface area is 166 Å². The van der Waals surface area contributed by atoms with Crippen LogP contribution in [0.4, 0.5) is 11.5 Å². The molecule has 0 amide bonds. The van der Waals surface area contributed by atoms with Crippen LogP contribution in [0.3, 0.4) is 0 Å². The maximum absolute atomic E-state index is 6.37. The number of aromatic nitrogens is 3. The van der Waals surface area contributed by atoms with Crippen LogP contribution in [0.5, 0.6) is 17.2 Å². The van der Waals surface area contributed by atoms with Crippen molar-refractivity contribution in [2.24, 2.45) is 0 Å². The molecular weight excluding hydrogens is 378 g/mol. The summed E-state index contributed by atoms with van der Waals surface area (Å²) in [7, 11) is 3.34. The predicted octanol–water partition coefficient (Wildman–Crippen LogP) is 4.50. The number of halogens is 1. The Morgan fingerprint density at radius 1 is 1.11 bits per heavy atom. The number of nitrogen functional groups attached to an aromatic ring is 1. The van der Waals surface area contributed by atoms with Gasteiger partial charge in [-0.1, -0.05) is 29.8 Å². The summed E-state index contributed by atoms with van der Waals surface area (Å²) in [5.41, 5.74) is 8.08. The summed E-state index contributed by atoms with van der Waals surface area (Å²) < 4.78 is 13.4. The molecule has 0 radical (unpaired) electrons. The second-order valence-electron chi connectivity index (χ2n) is 5.99. The Morgan fingerprint density at radius 3 is 2.61 bits per heavy atom. The zero-order chi connectivity index (χ0) is 19.7. The van der Waals surface area contributed by atoms with Gasteiger partial charge in [-0.05, 0) is 18.2 Å². The Hall–Kier alpha value is -3.45. The first-order valence-corrected chi connectivity index (χ1v) is 8.90. The summed E-state index contributed by atoms with van der Waals surface area (Å²) in [6.45, 7) is 0. The number of hydrogen-bond donors (Lipinski definition) is 2. The van der Waals surface area contributed by atoms with Gasteiger partial charge in [-0.15, -0.1) is 0 Å². The summed E-state index contributed by atoms with van der Waals surface area (Å²) >= 11 is 6.37. The number of anilines is 2. The van der Waals surface area contributed by atoms with Crippen molar-refractivity contribution in [1.29, 1.82) is 0 Å². The van der Waals surface area contributed by atoms with E-state index in [0.29, 0.717) is 33.8 Å². The molecule has 3 N–H and O–H groups in total. The van der Waals surface area contributed by atoms with Crippen molar-refractivity contribution in [3.05, 3.63) is 60.0 Å². The number of nitrogens with two attached hydrogens (primary N) is 1. The van der Waals surface area contributed by atoms with Crippen LogP contribution in [0.25, 0.3) is 16.7 Å². The lowest BCUT2D eigenvalue weighted by molar-refractivity contribution is 0.418. The van der Waals surface area contributed by atoms with E-state index >= 15 is 0 Å². The van der Waals surface area contributed by atoms with E-state index in [-0.39, 0.29) is 0 Å². The van der Waals surface area contributed by atoms with E-state index in [1.54, 1.807) is 20.4 Å². The van der Waals surface area contributed by atoms with E-state index in [2.05, 4.69) is 15.3 Å². The van der Waals surface area contributed by atoms with Gasteiger partial charge in [0, 0.05) is 12.7 Å². The van der Waals surface area contributed by atoms with Gasteiger partial charge in [0.15, 0.2) is 5.75 Å². The van der Waals surface area contributed by atoms with E-state index < -0.39 is 0 Å². The molecule has 7 nitrogen and oxygen atoms in total. The van der Waals surface area contributed by atoms with Gasteiger partial charge in [0.1, 0.15) is 28.0 Å². The first-order chi connectivity index (χ1) is 13.6. The molecule has 0 unspecified atom stereocenters. The highest BCUT2D eigenvalue weighted by Gasteiger charge is 2.16. The molecule has 8 heteroatoms. The smallest absolute Gasteiger partial charge is 0.166 e. The van der Waals surface area contributed by atoms with Crippen molar-refractivity contribution in [2.75, 3.05) is 25.2 Å². The third-order valence-electron chi connectivity index (χ3n) is 4.33. The quantitative estimate of drug-likeness (QED) is 0.517. The average Bonchev–Trinajstić information content (AvgIpc) is 3.09. The largest absolute Gasteiger partial charge is 0.494 e. The van der Waals surface area contributed by atoms with Crippen LogP contribution in [0.1, 0.15) is 0 Å². The number of fused-ring (bicyclic) bond motifs is 1. The highest BCUT2D eigenvalue weighted by Crippen LogP contribution is 2.38. The number of methoxy groups -OCH3 is 1. The normalized spacial score (nSPS) is 10.8. The van der Waals surface area contributed by atoms with Gasteiger partial charge in [-0.25, -0.2) is 9.97 Å². The zero-order valence-corrected chi connectivity index (χ0v) is 16.1. The lowest BCUT2D eigenvalue weighted by atomic mass is 10.3. The fourth-order valence-electron chi connectivity index (χ4n) is 2.98. The number of ether oxygens (including phenoxy) is 2. The van der Waals surface area contributed by atoms with Crippen molar-refractivity contribution in [3.63, 3.8) is 0 Å². The second-order valence-corrected chi connectivity index (χ2v) is 6.37. The van der Waals surface area contributed by atoms with Crippen LogP contribution >= 0.6 is 11.6 Å². The van der Waals surface area contributed by atoms with Crippen molar-refractivity contribution in [1.82, 2.24) is 14.5 Å². The van der Waals surface area contributed by atoms with Gasteiger partial charge in [-0.2, -0.15) is 0 Å². The van der Waals surface area contributed by atoms with E-state index in [0.717, 1.165) is 16.7 Å². The molecule has 0 aliphatic heterocycles. The van der Waals surface area contributed by atoms with Gasteiger partial charge < -0.3 is 20.5 Å². The summed E-state index contributed by atoms with van der Waals surface area (Å²) in [6.07, 6.45) is 5.01. The molecule has 0 saturated carbocycles. The molecular formula is C20H18ClN5O2. The monoisotopic (exact) mass is 395 g/mol. The summed E-state index contributed by atoms with van der Waals surface area (Å²) in [4.78, 5) is 8.67. The summed E-state index contributed by atoms with van der Waals surface area (Å²) in [5, 5.41) is 4.09. The molecule has 0 aliphatic carbocycles. The van der Waals surface area contributed by atoms with E-state index in [4.69, 9.17) is 26.8 Å². The highest BCUT2D eigenvalue weighted by molar-refractivity contribution is 6.35. The maximum atomic E-state index is 6.37. The third-order valence-corrected chi connectivity index (χ3v) is 4.70. The molecule has 0 atom stereocenters. The van der Waals surface area contributed by atoms with Crippen LogP contribution in [-0.4, -0.2) is 28.7 Å². The second kappa shape index (κ2) is 7.28. The van der Waals surface area contributed by atoms with Crippen molar-refractivity contribution in [2.45, 2.75) is 0 Å². The van der Waals surface area contributed by atoms with Crippen molar-refractivity contribution in [3.8, 4) is 22.9 Å². The average molecular weight is 396 g/mol. The Kier molecular flexibility index (Phi) is 4.67. The van der Waals surface area contributed by atoms with Crippen LogP contribution in [-0.2, 0) is 0 Å². The van der Waals surface area contributed by atoms with E-state index in [1.807, 2.05) is 47.2 Å². The lowest BCUT2D eigenvalue weighted by Gasteiger charge is -2.12. The number of hydrogen-bond acceptors (Lipinski definition) is 6. The molecule has 0 aliphatic rings. The van der Waals surface area contributed by atoms with Crippen molar-refractivity contribution < 1.29 is 9.47 Å². The molecule has 0 spiro atoms.